The number of anilines is 1. The maximum Gasteiger partial charge on any atom is 0.418 e. The molecule has 0 unspecified atom stereocenters. The Balaban J connectivity index is 2.21. The number of aryl methyl sites for hydroxylation is 1. The molecule has 0 saturated heterocycles. The van der Waals surface area contributed by atoms with Crippen molar-refractivity contribution < 1.29 is 22.4 Å². The summed E-state index contributed by atoms with van der Waals surface area (Å²) < 4.78 is 44.8. The minimum absolute atomic E-state index is 0.0637. The van der Waals surface area contributed by atoms with Crippen LogP contribution in [0.5, 0.6) is 0 Å². The molecule has 0 spiro atoms. The van der Waals surface area contributed by atoms with Gasteiger partial charge in [0.05, 0.1) is 23.4 Å². The highest BCUT2D eigenvalue weighted by molar-refractivity contribution is 6.30. The van der Waals surface area contributed by atoms with Crippen LogP contribution in [0.15, 0.2) is 22.6 Å². The van der Waals surface area contributed by atoms with Gasteiger partial charge in [-0.3, -0.25) is 4.79 Å². The Morgan fingerprint density at radius 1 is 1.28 bits per heavy atom. The number of halogens is 4. The summed E-state index contributed by atoms with van der Waals surface area (Å²) in [6, 6.07) is 3.18. The second-order valence-corrected chi connectivity index (χ2v) is 7.13. The van der Waals surface area contributed by atoms with Crippen molar-refractivity contribution in [2.45, 2.75) is 45.7 Å². The van der Waals surface area contributed by atoms with Gasteiger partial charge in [0.1, 0.15) is 5.76 Å². The monoisotopic (exact) mass is 374 g/mol. The smallest absolute Gasteiger partial charge is 0.418 e. The SMILES string of the molecule is Cc1nc(C(C)(C)C)oc1CC(=O)Nc1ccc(Cl)cc1C(F)(F)F. The van der Waals surface area contributed by atoms with E-state index in [0.717, 1.165) is 12.1 Å². The molecule has 2 aromatic rings. The van der Waals surface area contributed by atoms with E-state index in [1.54, 1.807) is 6.92 Å². The third-order valence-corrected chi connectivity index (χ3v) is 3.65. The fourth-order valence-corrected chi connectivity index (χ4v) is 2.29. The number of nitrogens with zero attached hydrogens (tertiary/aromatic N) is 1. The van der Waals surface area contributed by atoms with Crippen molar-refractivity contribution >= 4 is 23.2 Å². The fourth-order valence-electron chi connectivity index (χ4n) is 2.11. The number of hydrogen-bond acceptors (Lipinski definition) is 3. The van der Waals surface area contributed by atoms with Gasteiger partial charge in [-0.2, -0.15) is 13.2 Å². The summed E-state index contributed by atoms with van der Waals surface area (Å²) in [4.78, 5) is 16.4. The molecule has 0 fully saturated rings. The van der Waals surface area contributed by atoms with Gasteiger partial charge in [0.15, 0.2) is 5.89 Å². The first kappa shape index (κ1) is 19.3. The molecule has 0 bridgehead atoms. The first-order valence-electron chi connectivity index (χ1n) is 7.51. The molecular formula is C17H18ClF3N2O2. The van der Waals surface area contributed by atoms with E-state index in [-0.39, 0.29) is 22.5 Å². The van der Waals surface area contributed by atoms with Crippen LogP contribution in [0.3, 0.4) is 0 Å². The third-order valence-electron chi connectivity index (χ3n) is 3.42. The largest absolute Gasteiger partial charge is 0.444 e. The Labute approximate surface area is 148 Å². The molecule has 1 amide bonds. The van der Waals surface area contributed by atoms with Crippen molar-refractivity contribution in [1.82, 2.24) is 4.98 Å². The van der Waals surface area contributed by atoms with Crippen LogP contribution >= 0.6 is 11.6 Å². The summed E-state index contributed by atoms with van der Waals surface area (Å²) >= 11 is 5.62. The summed E-state index contributed by atoms with van der Waals surface area (Å²) in [5, 5.41) is 2.20. The fraction of sp³-hybridized carbons (Fsp3) is 0.412. The van der Waals surface area contributed by atoms with Crippen LogP contribution in [0, 0.1) is 6.92 Å². The van der Waals surface area contributed by atoms with Crippen LogP contribution < -0.4 is 5.32 Å². The molecule has 0 saturated carbocycles. The van der Waals surface area contributed by atoms with Crippen LogP contribution in [0.4, 0.5) is 18.9 Å². The second kappa shape index (κ2) is 6.71. The molecule has 0 atom stereocenters. The molecule has 1 aromatic heterocycles. The number of alkyl halides is 3. The molecule has 2 rings (SSSR count). The van der Waals surface area contributed by atoms with E-state index in [1.165, 1.54) is 6.07 Å². The van der Waals surface area contributed by atoms with Crippen molar-refractivity contribution in [3.8, 4) is 0 Å². The number of nitrogens with one attached hydrogen (secondary N) is 1. The van der Waals surface area contributed by atoms with Crippen LogP contribution in [0.1, 0.15) is 43.7 Å². The molecule has 0 radical (unpaired) electrons. The van der Waals surface area contributed by atoms with Crippen LogP contribution in [-0.4, -0.2) is 10.9 Å². The summed E-state index contributed by atoms with van der Waals surface area (Å²) in [5.74, 6) is 0.160. The maximum atomic E-state index is 13.1. The summed E-state index contributed by atoms with van der Waals surface area (Å²) in [6.45, 7) is 7.41. The van der Waals surface area contributed by atoms with Gasteiger partial charge in [-0.05, 0) is 25.1 Å². The van der Waals surface area contributed by atoms with E-state index in [4.69, 9.17) is 16.0 Å². The molecule has 1 aromatic carbocycles. The normalized spacial score (nSPS) is 12.3. The van der Waals surface area contributed by atoms with Gasteiger partial charge in [-0.1, -0.05) is 32.4 Å². The van der Waals surface area contributed by atoms with Gasteiger partial charge in [-0.25, -0.2) is 4.98 Å². The number of hydrogen-bond donors (Lipinski definition) is 1. The second-order valence-electron chi connectivity index (χ2n) is 6.69. The molecule has 1 heterocycles. The molecular weight excluding hydrogens is 357 g/mol. The van der Waals surface area contributed by atoms with Gasteiger partial charge in [-0.15, -0.1) is 0 Å². The predicted molar refractivity (Wildman–Crippen MR) is 88.7 cm³/mol. The quantitative estimate of drug-likeness (QED) is 0.809. The number of benzene rings is 1. The number of carbonyl (C=O) groups excluding carboxylic acids is 1. The predicted octanol–water partition coefficient (Wildman–Crippen LogP) is 5.13. The Kier molecular flexibility index (Phi) is 5.18. The Morgan fingerprint density at radius 2 is 1.92 bits per heavy atom. The van der Waals surface area contributed by atoms with Gasteiger partial charge in [0.2, 0.25) is 5.91 Å². The highest BCUT2D eigenvalue weighted by Gasteiger charge is 2.34. The number of rotatable bonds is 3. The molecule has 0 aliphatic carbocycles. The Bertz CT molecular complexity index is 792. The highest BCUT2D eigenvalue weighted by atomic mass is 35.5. The van der Waals surface area contributed by atoms with Crippen molar-refractivity contribution in [2.75, 3.05) is 5.32 Å². The minimum atomic E-state index is -4.63. The van der Waals surface area contributed by atoms with E-state index in [9.17, 15) is 18.0 Å². The Hall–Kier alpha value is -2.02. The van der Waals surface area contributed by atoms with Crippen LogP contribution in [-0.2, 0) is 22.8 Å². The zero-order valence-corrected chi connectivity index (χ0v) is 15.0. The summed E-state index contributed by atoms with van der Waals surface area (Å²) in [6.07, 6.45) is -4.84. The maximum absolute atomic E-state index is 13.1. The summed E-state index contributed by atoms with van der Waals surface area (Å²) in [7, 11) is 0. The standard InChI is InChI=1S/C17H18ClF3N2O2/c1-9-13(25-15(22-9)16(2,3)4)8-14(24)23-12-6-5-10(18)7-11(12)17(19,20)21/h5-7H,8H2,1-4H3,(H,23,24). The highest BCUT2D eigenvalue weighted by Crippen LogP contribution is 2.36. The van der Waals surface area contributed by atoms with E-state index in [2.05, 4.69) is 10.3 Å². The number of oxazole rings is 1. The number of amides is 1. The minimum Gasteiger partial charge on any atom is -0.444 e. The van der Waals surface area contributed by atoms with Crippen LogP contribution in [0.2, 0.25) is 5.02 Å². The van der Waals surface area contributed by atoms with E-state index >= 15 is 0 Å². The molecule has 8 heteroatoms. The van der Waals surface area contributed by atoms with Crippen molar-refractivity contribution in [2.24, 2.45) is 0 Å². The summed E-state index contributed by atoms with van der Waals surface area (Å²) in [5.41, 5.74) is -1.15. The van der Waals surface area contributed by atoms with E-state index in [1.807, 2.05) is 20.8 Å². The number of aromatic nitrogens is 1. The zero-order valence-electron chi connectivity index (χ0n) is 14.2. The lowest BCUT2D eigenvalue weighted by atomic mass is 9.97. The molecule has 1 N–H and O–H groups in total. The van der Waals surface area contributed by atoms with Gasteiger partial charge >= 0.3 is 6.18 Å². The van der Waals surface area contributed by atoms with Crippen LogP contribution in [0.25, 0.3) is 0 Å². The first-order valence-corrected chi connectivity index (χ1v) is 7.89. The average Bonchev–Trinajstić information content (AvgIpc) is 2.81. The van der Waals surface area contributed by atoms with Gasteiger partial charge in [0, 0.05) is 10.4 Å². The lowest BCUT2D eigenvalue weighted by Crippen LogP contribution is -2.18. The molecule has 0 aliphatic rings. The van der Waals surface area contributed by atoms with E-state index in [0.29, 0.717) is 17.3 Å². The molecule has 25 heavy (non-hydrogen) atoms. The molecule has 0 aliphatic heterocycles. The van der Waals surface area contributed by atoms with Gasteiger partial charge in [0.25, 0.3) is 0 Å². The molecule has 136 valence electrons. The lowest BCUT2D eigenvalue weighted by Gasteiger charge is -2.14. The molecule has 4 nitrogen and oxygen atoms in total. The van der Waals surface area contributed by atoms with Crippen molar-refractivity contribution in [1.29, 1.82) is 0 Å². The van der Waals surface area contributed by atoms with Gasteiger partial charge < -0.3 is 9.73 Å². The Morgan fingerprint density at radius 3 is 2.44 bits per heavy atom. The average molecular weight is 375 g/mol. The zero-order chi connectivity index (χ0) is 19.0. The number of carbonyl (C=O) groups is 1. The first-order chi connectivity index (χ1) is 11.4. The third kappa shape index (κ3) is 4.75. The van der Waals surface area contributed by atoms with Crippen molar-refractivity contribution in [3.63, 3.8) is 0 Å². The topological polar surface area (TPSA) is 55.1 Å². The van der Waals surface area contributed by atoms with Crippen molar-refractivity contribution in [3.05, 3.63) is 46.1 Å². The van der Waals surface area contributed by atoms with E-state index < -0.39 is 17.6 Å². The lowest BCUT2D eigenvalue weighted by molar-refractivity contribution is -0.137.